The van der Waals surface area contributed by atoms with Crippen molar-refractivity contribution in [2.24, 2.45) is 17.6 Å². The maximum absolute atomic E-state index is 11.9. The third-order valence-corrected chi connectivity index (χ3v) is 4.84. The fourth-order valence-corrected chi connectivity index (χ4v) is 3.04. The molecule has 1 aliphatic rings. The van der Waals surface area contributed by atoms with Crippen molar-refractivity contribution in [1.29, 1.82) is 0 Å². The minimum absolute atomic E-state index is 0.0198. The number of benzene rings is 1. The number of nitrogens with zero attached hydrogens (tertiary/aromatic N) is 1. The Labute approximate surface area is 140 Å². The highest BCUT2D eigenvalue weighted by Crippen LogP contribution is 2.18. The van der Waals surface area contributed by atoms with Gasteiger partial charge in [-0.3, -0.25) is 9.69 Å². The number of nitrogens with two attached hydrogens (primary N) is 1. The molecule has 0 spiro atoms. The van der Waals surface area contributed by atoms with Gasteiger partial charge in [-0.05, 0) is 43.4 Å². The van der Waals surface area contributed by atoms with E-state index in [0.29, 0.717) is 6.54 Å². The maximum atomic E-state index is 11.9. The molecule has 4 nitrogen and oxygen atoms in total. The summed E-state index contributed by atoms with van der Waals surface area (Å²) in [5.41, 5.74) is 8.23. The van der Waals surface area contributed by atoms with Gasteiger partial charge in [0.15, 0.2) is 0 Å². The second-order valence-corrected chi connectivity index (χ2v) is 7.16. The second-order valence-electron chi connectivity index (χ2n) is 7.16. The van der Waals surface area contributed by atoms with Gasteiger partial charge in [0.05, 0.1) is 0 Å². The summed E-state index contributed by atoms with van der Waals surface area (Å²) in [4.78, 5) is 14.5. The Morgan fingerprint density at radius 1 is 1.30 bits per heavy atom. The van der Waals surface area contributed by atoms with E-state index in [2.05, 4.69) is 41.4 Å². The zero-order chi connectivity index (χ0) is 16.8. The van der Waals surface area contributed by atoms with Crippen LogP contribution in [-0.4, -0.2) is 29.9 Å². The van der Waals surface area contributed by atoms with Crippen LogP contribution in [-0.2, 0) is 17.9 Å². The molecule has 1 saturated heterocycles. The smallest absolute Gasteiger partial charge is 0.224 e. The van der Waals surface area contributed by atoms with Gasteiger partial charge in [-0.15, -0.1) is 0 Å². The lowest BCUT2D eigenvalue weighted by molar-refractivity contribution is -0.125. The van der Waals surface area contributed by atoms with Crippen molar-refractivity contribution in [2.75, 3.05) is 13.1 Å². The number of nitrogens with one attached hydrogen (secondary N) is 1. The normalized spacial score (nSPS) is 21.7. The molecule has 3 atom stereocenters. The Balaban J connectivity index is 1.81. The highest BCUT2D eigenvalue weighted by atomic mass is 16.1. The van der Waals surface area contributed by atoms with E-state index in [4.69, 9.17) is 5.73 Å². The molecule has 1 aromatic carbocycles. The standard InChI is InChI=1S/C19H31N3O/c1-14-5-4-10-22(12-14)13-18-8-6-17(7-9-18)11-21-19(23)15(2)16(3)20/h6-9,14-16H,4-5,10-13,20H2,1-3H3,(H,21,23). The van der Waals surface area contributed by atoms with Gasteiger partial charge in [0.25, 0.3) is 0 Å². The van der Waals surface area contributed by atoms with E-state index in [9.17, 15) is 4.79 Å². The third kappa shape index (κ3) is 5.63. The predicted molar refractivity (Wildman–Crippen MR) is 94.8 cm³/mol. The van der Waals surface area contributed by atoms with Crippen molar-refractivity contribution in [2.45, 2.75) is 52.7 Å². The first-order chi connectivity index (χ1) is 11.0. The van der Waals surface area contributed by atoms with E-state index >= 15 is 0 Å². The molecule has 0 aromatic heterocycles. The lowest BCUT2D eigenvalue weighted by atomic mass is 9.99. The van der Waals surface area contributed by atoms with Crippen molar-refractivity contribution in [3.63, 3.8) is 0 Å². The van der Waals surface area contributed by atoms with Crippen molar-refractivity contribution >= 4 is 5.91 Å². The quantitative estimate of drug-likeness (QED) is 0.847. The topological polar surface area (TPSA) is 58.4 Å². The summed E-state index contributed by atoms with van der Waals surface area (Å²) >= 11 is 0. The van der Waals surface area contributed by atoms with Gasteiger partial charge < -0.3 is 11.1 Å². The van der Waals surface area contributed by atoms with E-state index in [1.54, 1.807) is 0 Å². The molecule has 3 N–H and O–H groups in total. The second kappa shape index (κ2) is 8.46. The van der Waals surface area contributed by atoms with Crippen molar-refractivity contribution < 1.29 is 4.79 Å². The molecule has 0 saturated carbocycles. The Hall–Kier alpha value is -1.39. The van der Waals surface area contributed by atoms with Crippen LogP contribution in [0.2, 0.25) is 0 Å². The van der Waals surface area contributed by atoms with Gasteiger partial charge >= 0.3 is 0 Å². The first-order valence-corrected chi connectivity index (χ1v) is 8.79. The average molecular weight is 317 g/mol. The third-order valence-electron chi connectivity index (χ3n) is 4.84. The van der Waals surface area contributed by atoms with Crippen LogP contribution < -0.4 is 11.1 Å². The van der Waals surface area contributed by atoms with Gasteiger partial charge in [0.2, 0.25) is 5.91 Å². The highest BCUT2D eigenvalue weighted by molar-refractivity contribution is 5.78. The molecule has 4 heteroatoms. The minimum atomic E-state index is -0.157. The summed E-state index contributed by atoms with van der Waals surface area (Å²) in [7, 11) is 0. The zero-order valence-corrected chi connectivity index (χ0v) is 14.7. The Bertz CT molecular complexity index is 498. The van der Waals surface area contributed by atoms with Gasteiger partial charge in [-0.1, -0.05) is 38.1 Å². The predicted octanol–water partition coefficient (Wildman–Crippen LogP) is 2.52. The number of hydrogen-bond acceptors (Lipinski definition) is 3. The summed E-state index contributed by atoms with van der Waals surface area (Å²) in [5, 5.41) is 2.96. The summed E-state index contributed by atoms with van der Waals surface area (Å²) in [6, 6.07) is 8.45. The van der Waals surface area contributed by atoms with Crippen LogP contribution in [0.25, 0.3) is 0 Å². The summed E-state index contributed by atoms with van der Waals surface area (Å²) in [6.07, 6.45) is 2.66. The summed E-state index contributed by atoms with van der Waals surface area (Å²) in [6.45, 7) is 10.1. The van der Waals surface area contributed by atoms with Crippen LogP contribution in [0.4, 0.5) is 0 Å². The number of carbonyl (C=O) groups is 1. The Morgan fingerprint density at radius 2 is 1.96 bits per heavy atom. The first-order valence-electron chi connectivity index (χ1n) is 8.79. The average Bonchev–Trinajstić information content (AvgIpc) is 2.53. The lowest BCUT2D eigenvalue weighted by Gasteiger charge is -2.30. The van der Waals surface area contributed by atoms with E-state index < -0.39 is 0 Å². The van der Waals surface area contributed by atoms with Crippen molar-refractivity contribution in [1.82, 2.24) is 10.2 Å². The van der Waals surface area contributed by atoms with E-state index in [1.807, 2.05) is 13.8 Å². The zero-order valence-electron chi connectivity index (χ0n) is 14.7. The first kappa shape index (κ1) is 18.0. The molecule has 128 valence electrons. The van der Waals surface area contributed by atoms with Crippen LogP contribution in [0.15, 0.2) is 24.3 Å². The molecular formula is C19H31N3O. The van der Waals surface area contributed by atoms with E-state index in [0.717, 1.165) is 18.0 Å². The Morgan fingerprint density at radius 3 is 2.57 bits per heavy atom. The monoisotopic (exact) mass is 317 g/mol. The van der Waals surface area contributed by atoms with Crippen molar-refractivity contribution in [3.05, 3.63) is 35.4 Å². The van der Waals surface area contributed by atoms with E-state index in [-0.39, 0.29) is 17.9 Å². The van der Waals surface area contributed by atoms with E-state index in [1.165, 1.54) is 31.5 Å². The fraction of sp³-hybridized carbons (Fsp3) is 0.632. The molecule has 23 heavy (non-hydrogen) atoms. The molecule has 0 radical (unpaired) electrons. The number of carbonyl (C=O) groups excluding carboxylic acids is 1. The molecule has 1 amide bonds. The van der Waals surface area contributed by atoms with Gasteiger partial charge in [-0.25, -0.2) is 0 Å². The largest absolute Gasteiger partial charge is 0.352 e. The SMILES string of the molecule is CC1CCCN(Cc2ccc(CNC(=O)C(C)C(C)N)cc2)C1. The van der Waals surface area contributed by atoms with Crippen LogP contribution in [0, 0.1) is 11.8 Å². The molecule has 2 rings (SSSR count). The van der Waals surface area contributed by atoms with Crippen LogP contribution in [0.1, 0.15) is 44.7 Å². The molecule has 0 aliphatic carbocycles. The van der Waals surface area contributed by atoms with Gasteiger partial charge in [0, 0.05) is 31.6 Å². The van der Waals surface area contributed by atoms with Crippen LogP contribution >= 0.6 is 0 Å². The van der Waals surface area contributed by atoms with Crippen LogP contribution in [0.3, 0.4) is 0 Å². The fourth-order valence-electron chi connectivity index (χ4n) is 3.04. The molecule has 1 aromatic rings. The molecular weight excluding hydrogens is 286 g/mol. The molecule has 1 fully saturated rings. The van der Waals surface area contributed by atoms with Gasteiger partial charge in [-0.2, -0.15) is 0 Å². The number of amides is 1. The molecule has 0 bridgehead atoms. The number of likely N-dealkylation sites (tertiary alicyclic amines) is 1. The molecule has 1 aliphatic heterocycles. The summed E-state index contributed by atoms with van der Waals surface area (Å²) < 4.78 is 0. The molecule has 1 heterocycles. The minimum Gasteiger partial charge on any atom is -0.352 e. The summed E-state index contributed by atoms with van der Waals surface area (Å²) in [5.74, 6) is 0.673. The number of rotatable bonds is 6. The lowest BCUT2D eigenvalue weighted by Crippen LogP contribution is -2.38. The van der Waals surface area contributed by atoms with Gasteiger partial charge in [0.1, 0.15) is 0 Å². The highest BCUT2D eigenvalue weighted by Gasteiger charge is 2.17. The molecule has 3 unspecified atom stereocenters. The van der Waals surface area contributed by atoms with Crippen molar-refractivity contribution in [3.8, 4) is 0 Å². The maximum Gasteiger partial charge on any atom is 0.224 e. The number of hydrogen-bond donors (Lipinski definition) is 2. The number of piperidine rings is 1. The van der Waals surface area contributed by atoms with Crippen LogP contribution in [0.5, 0.6) is 0 Å². The Kier molecular flexibility index (Phi) is 6.60.